The summed E-state index contributed by atoms with van der Waals surface area (Å²) in [5.41, 5.74) is 4.96. The Hall–Kier alpha value is -0.790. The van der Waals surface area contributed by atoms with Crippen LogP contribution < -0.4 is 5.73 Å². The number of carbonyl (C=O) groups excluding carboxylic acids is 1. The fourth-order valence-corrected chi connectivity index (χ4v) is 1.37. The fraction of sp³-hybridized carbons (Fsp3) is 0.143. The number of aldehydes is 1. The lowest BCUT2D eigenvalue weighted by molar-refractivity contribution is 0.111. The van der Waals surface area contributed by atoms with E-state index in [1.807, 2.05) is 0 Å². The van der Waals surface area contributed by atoms with Crippen LogP contribution in [0.4, 0.5) is 14.6 Å². The Morgan fingerprint density at radius 3 is 2.69 bits per heavy atom. The van der Waals surface area contributed by atoms with Crippen LogP contribution in [0.25, 0.3) is 0 Å². The third-order valence-corrected chi connectivity index (χ3v) is 2.27. The number of aromatic nitrogens is 1. The third kappa shape index (κ3) is 2.11. The van der Waals surface area contributed by atoms with E-state index in [0.29, 0.717) is 9.86 Å². The van der Waals surface area contributed by atoms with Crippen LogP contribution in [0, 0.1) is 3.57 Å². The van der Waals surface area contributed by atoms with Crippen molar-refractivity contribution >= 4 is 34.7 Å². The maximum absolute atomic E-state index is 12.2. The van der Waals surface area contributed by atoms with E-state index >= 15 is 0 Å². The molecule has 0 aromatic carbocycles. The van der Waals surface area contributed by atoms with Gasteiger partial charge < -0.3 is 5.73 Å². The van der Waals surface area contributed by atoms with Crippen molar-refractivity contribution in [2.45, 2.75) is 6.43 Å². The van der Waals surface area contributed by atoms with Crippen molar-refractivity contribution in [2.24, 2.45) is 0 Å². The zero-order chi connectivity index (χ0) is 10.0. The summed E-state index contributed by atoms with van der Waals surface area (Å²) in [6.45, 7) is 0. The van der Waals surface area contributed by atoms with Crippen LogP contribution in [0.5, 0.6) is 0 Å². The molecule has 1 aromatic rings. The number of alkyl halides is 2. The lowest BCUT2D eigenvalue weighted by Gasteiger charge is -2.05. The van der Waals surface area contributed by atoms with Gasteiger partial charge in [-0.15, -0.1) is 0 Å². The minimum Gasteiger partial charge on any atom is -0.383 e. The number of nitrogen functional groups attached to an aromatic ring is 1. The highest BCUT2D eigenvalue weighted by molar-refractivity contribution is 14.1. The zero-order valence-corrected chi connectivity index (χ0v) is 8.46. The summed E-state index contributed by atoms with van der Waals surface area (Å²) in [5, 5.41) is 0. The van der Waals surface area contributed by atoms with Crippen molar-refractivity contribution < 1.29 is 13.6 Å². The molecule has 70 valence electrons. The minimum absolute atomic E-state index is 0.0856. The molecule has 0 radical (unpaired) electrons. The molecule has 0 saturated heterocycles. The molecule has 0 aliphatic rings. The molecule has 6 heteroatoms. The van der Waals surface area contributed by atoms with Crippen LogP contribution in [0.3, 0.4) is 0 Å². The highest BCUT2D eigenvalue weighted by atomic mass is 127. The van der Waals surface area contributed by atoms with Gasteiger partial charge in [0.05, 0.1) is 5.56 Å². The summed E-state index contributed by atoms with van der Waals surface area (Å²) >= 11 is 1.75. The smallest absolute Gasteiger partial charge is 0.267 e. The average Bonchev–Trinajstić information content (AvgIpc) is 2.07. The Balaban J connectivity index is 3.28. The van der Waals surface area contributed by atoms with Crippen LogP contribution in [-0.2, 0) is 0 Å². The van der Waals surface area contributed by atoms with E-state index in [1.165, 1.54) is 0 Å². The Bertz CT molecular complexity index is 344. The number of pyridine rings is 1. The van der Waals surface area contributed by atoms with Crippen LogP contribution >= 0.6 is 22.6 Å². The molecule has 1 heterocycles. The van der Waals surface area contributed by atoms with Gasteiger partial charge in [-0.1, -0.05) is 0 Å². The van der Waals surface area contributed by atoms with E-state index in [-0.39, 0.29) is 17.1 Å². The Morgan fingerprint density at radius 1 is 1.62 bits per heavy atom. The SMILES string of the molecule is Nc1nc(C=O)c(I)cc1C(F)F. The van der Waals surface area contributed by atoms with Gasteiger partial charge in [-0.25, -0.2) is 13.8 Å². The number of rotatable bonds is 2. The molecule has 0 aliphatic carbocycles. The van der Waals surface area contributed by atoms with Crippen LogP contribution in [0.15, 0.2) is 6.07 Å². The topological polar surface area (TPSA) is 56.0 Å². The second kappa shape index (κ2) is 3.95. The van der Waals surface area contributed by atoms with Crippen molar-refractivity contribution in [1.82, 2.24) is 4.98 Å². The van der Waals surface area contributed by atoms with Gasteiger partial charge in [-0.3, -0.25) is 4.79 Å². The normalized spacial score (nSPS) is 10.5. The number of anilines is 1. The predicted octanol–water partition coefficient (Wildman–Crippen LogP) is 2.02. The highest BCUT2D eigenvalue weighted by Crippen LogP contribution is 2.25. The summed E-state index contributed by atoms with van der Waals surface area (Å²) in [7, 11) is 0. The average molecular weight is 298 g/mol. The van der Waals surface area contributed by atoms with E-state index in [0.717, 1.165) is 6.07 Å². The molecule has 1 aromatic heterocycles. The van der Waals surface area contributed by atoms with Crippen molar-refractivity contribution in [2.75, 3.05) is 5.73 Å². The van der Waals surface area contributed by atoms with Crippen molar-refractivity contribution in [3.05, 3.63) is 20.9 Å². The molecule has 0 fully saturated rings. The van der Waals surface area contributed by atoms with E-state index < -0.39 is 6.43 Å². The van der Waals surface area contributed by atoms with E-state index in [9.17, 15) is 13.6 Å². The second-order valence-electron chi connectivity index (χ2n) is 2.25. The maximum Gasteiger partial charge on any atom is 0.267 e. The Labute approximate surface area is 86.5 Å². The van der Waals surface area contributed by atoms with E-state index in [1.54, 1.807) is 22.6 Å². The predicted molar refractivity (Wildman–Crippen MR) is 51.7 cm³/mol. The molecule has 0 aliphatic heterocycles. The maximum atomic E-state index is 12.2. The van der Waals surface area contributed by atoms with Crippen LogP contribution in [-0.4, -0.2) is 11.3 Å². The standard InChI is InChI=1S/C7H5F2IN2O/c8-6(9)3-1-4(10)5(2-13)12-7(3)11/h1-2,6H,(H2,11,12). The van der Waals surface area contributed by atoms with Gasteiger partial charge in [-0.2, -0.15) is 0 Å². The lowest BCUT2D eigenvalue weighted by Crippen LogP contribution is -2.03. The van der Waals surface area contributed by atoms with Gasteiger partial charge in [0.25, 0.3) is 6.43 Å². The monoisotopic (exact) mass is 298 g/mol. The first-order valence-electron chi connectivity index (χ1n) is 3.25. The molecule has 2 N–H and O–H groups in total. The number of hydrogen-bond acceptors (Lipinski definition) is 3. The first kappa shape index (κ1) is 10.3. The van der Waals surface area contributed by atoms with E-state index in [4.69, 9.17) is 5.73 Å². The molecule has 0 bridgehead atoms. The van der Waals surface area contributed by atoms with Crippen molar-refractivity contribution in [3.8, 4) is 0 Å². The highest BCUT2D eigenvalue weighted by Gasteiger charge is 2.15. The molecule has 1 rings (SSSR count). The van der Waals surface area contributed by atoms with Gasteiger partial charge in [0.15, 0.2) is 6.29 Å². The largest absolute Gasteiger partial charge is 0.383 e. The van der Waals surface area contributed by atoms with Crippen LogP contribution in [0.2, 0.25) is 0 Å². The number of carbonyl (C=O) groups is 1. The Morgan fingerprint density at radius 2 is 2.23 bits per heavy atom. The number of nitrogens with two attached hydrogens (primary N) is 1. The number of halogens is 3. The molecule has 3 nitrogen and oxygen atoms in total. The molecule has 0 amide bonds. The van der Waals surface area contributed by atoms with Gasteiger partial charge in [-0.05, 0) is 28.7 Å². The number of hydrogen-bond donors (Lipinski definition) is 1. The molecule has 0 unspecified atom stereocenters. The molecular weight excluding hydrogens is 293 g/mol. The molecule has 0 saturated carbocycles. The molecular formula is C7H5F2IN2O. The summed E-state index contributed by atoms with van der Waals surface area (Å²) in [4.78, 5) is 13.9. The number of nitrogens with zero attached hydrogens (tertiary/aromatic N) is 1. The summed E-state index contributed by atoms with van der Waals surface area (Å²) < 4.78 is 24.8. The third-order valence-electron chi connectivity index (χ3n) is 1.41. The van der Waals surface area contributed by atoms with Gasteiger partial charge >= 0.3 is 0 Å². The molecule has 0 atom stereocenters. The van der Waals surface area contributed by atoms with Gasteiger partial charge in [0.2, 0.25) is 0 Å². The molecule has 13 heavy (non-hydrogen) atoms. The van der Waals surface area contributed by atoms with Crippen molar-refractivity contribution in [1.29, 1.82) is 0 Å². The molecule has 0 spiro atoms. The first-order chi connectivity index (χ1) is 6.06. The van der Waals surface area contributed by atoms with E-state index in [2.05, 4.69) is 4.98 Å². The van der Waals surface area contributed by atoms with Crippen LogP contribution in [0.1, 0.15) is 22.5 Å². The van der Waals surface area contributed by atoms with Gasteiger partial charge in [0, 0.05) is 3.57 Å². The summed E-state index contributed by atoms with van der Waals surface area (Å²) in [6, 6.07) is 1.16. The lowest BCUT2D eigenvalue weighted by atomic mass is 10.2. The van der Waals surface area contributed by atoms with Gasteiger partial charge in [0.1, 0.15) is 11.5 Å². The first-order valence-corrected chi connectivity index (χ1v) is 4.33. The second-order valence-corrected chi connectivity index (χ2v) is 3.41. The summed E-state index contributed by atoms with van der Waals surface area (Å²) in [6.07, 6.45) is -2.19. The quantitative estimate of drug-likeness (QED) is 0.671. The fourth-order valence-electron chi connectivity index (χ4n) is 0.790. The minimum atomic E-state index is -2.67. The zero-order valence-electron chi connectivity index (χ0n) is 6.30. The summed E-state index contributed by atoms with van der Waals surface area (Å²) in [5.74, 6) is -0.294. The van der Waals surface area contributed by atoms with Crippen molar-refractivity contribution in [3.63, 3.8) is 0 Å². The Kier molecular flexibility index (Phi) is 3.12.